The molecule has 0 saturated carbocycles. The Morgan fingerprint density at radius 1 is 0.963 bits per heavy atom. The fourth-order valence-corrected chi connectivity index (χ4v) is 3.90. The van der Waals surface area contributed by atoms with Gasteiger partial charge in [-0.15, -0.1) is 0 Å². The van der Waals surface area contributed by atoms with Gasteiger partial charge in [-0.2, -0.15) is 0 Å². The van der Waals surface area contributed by atoms with E-state index in [9.17, 15) is 0 Å². The van der Waals surface area contributed by atoms with Crippen molar-refractivity contribution in [1.29, 1.82) is 0 Å². The van der Waals surface area contributed by atoms with Crippen molar-refractivity contribution in [1.82, 2.24) is 20.1 Å². The maximum atomic E-state index is 5.40. The van der Waals surface area contributed by atoms with Gasteiger partial charge in [0.15, 0.2) is 0 Å². The number of aromatic nitrogens is 4. The first-order valence-corrected chi connectivity index (χ1v) is 8.88. The van der Waals surface area contributed by atoms with Crippen molar-refractivity contribution in [2.45, 2.75) is 20.8 Å². The van der Waals surface area contributed by atoms with Crippen LogP contribution >= 0.6 is 0 Å². The lowest BCUT2D eigenvalue weighted by atomic mass is 9.92. The highest BCUT2D eigenvalue weighted by atomic mass is 16.5. The van der Waals surface area contributed by atoms with E-state index in [1.807, 2.05) is 26.1 Å². The van der Waals surface area contributed by atoms with Gasteiger partial charge >= 0.3 is 0 Å². The molecule has 0 bridgehead atoms. The van der Waals surface area contributed by atoms with Crippen molar-refractivity contribution < 1.29 is 4.52 Å². The van der Waals surface area contributed by atoms with Crippen LogP contribution in [0.1, 0.15) is 17.0 Å². The van der Waals surface area contributed by atoms with E-state index in [2.05, 4.69) is 57.4 Å². The van der Waals surface area contributed by atoms with Crippen molar-refractivity contribution in [2.24, 2.45) is 0 Å². The first-order valence-electron chi connectivity index (χ1n) is 8.88. The van der Waals surface area contributed by atoms with E-state index >= 15 is 0 Å². The molecule has 5 aromatic rings. The van der Waals surface area contributed by atoms with Gasteiger partial charge in [-0.3, -0.25) is 4.98 Å². The number of aromatic amines is 1. The number of pyridine rings is 1. The summed E-state index contributed by atoms with van der Waals surface area (Å²) in [6.45, 7) is 6.04. The van der Waals surface area contributed by atoms with E-state index in [0.717, 1.165) is 55.6 Å². The quantitative estimate of drug-likeness (QED) is 0.463. The lowest BCUT2D eigenvalue weighted by Gasteiger charge is -2.13. The summed E-state index contributed by atoms with van der Waals surface area (Å²) in [5.41, 5.74) is 9.33. The molecule has 3 aromatic heterocycles. The van der Waals surface area contributed by atoms with Gasteiger partial charge < -0.3 is 9.51 Å². The molecule has 5 nitrogen and oxygen atoms in total. The highest BCUT2D eigenvalue weighted by Crippen LogP contribution is 2.39. The minimum absolute atomic E-state index is 0.814. The van der Waals surface area contributed by atoms with E-state index in [1.165, 1.54) is 5.56 Å². The SMILES string of the molecule is Cc1ccc2ncccc2c1-c1cc(-c2c(C)noc2C)cc2[nH]cnc12. The number of H-pyrrole nitrogens is 1. The highest BCUT2D eigenvalue weighted by Gasteiger charge is 2.18. The molecule has 0 saturated heterocycles. The first-order chi connectivity index (χ1) is 13.1. The highest BCUT2D eigenvalue weighted by molar-refractivity contribution is 6.05. The number of nitrogens with one attached hydrogen (secondary N) is 1. The second-order valence-electron chi connectivity index (χ2n) is 6.85. The number of nitrogens with zero attached hydrogens (tertiary/aromatic N) is 3. The molecule has 0 spiro atoms. The molecule has 5 heteroatoms. The van der Waals surface area contributed by atoms with Crippen molar-refractivity contribution >= 4 is 21.9 Å². The van der Waals surface area contributed by atoms with Crippen LogP contribution in [0.3, 0.4) is 0 Å². The summed E-state index contributed by atoms with van der Waals surface area (Å²) in [5, 5.41) is 5.24. The van der Waals surface area contributed by atoms with Crippen LogP contribution in [0.2, 0.25) is 0 Å². The van der Waals surface area contributed by atoms with Crippen LogP contribution in [-0.2, 0) is 0 Å². The van der Waals surface area contributed by atoms with Gasteiger partial charge in [0.2, 0.25) is 0 Å². The molecule has 0 aliphatic carbocycles. The van der Waals surface area contributed by atoms with Gasteiger partial charge in [-0.25, -0.2) is 4.98 Å². The lowest BCUT2D eigenvalue weighted by Crippen LogP contribution is -1.91. The summed E-state index contributed by atoms with van der Waals surface area (Å²) in [5.74, 6) is 0.814. The molecule has 3 heterocycles. The monoisotopic (exact) mass is 354 g/mol. The molecule has 0 amide bonds. The van der Waals surface area contributed by atoms with Crippen LogP contribution in [0, 0.1) is 20.8 Å². The summed E-state index contributed by atoms with van der Waals surface area (Å²) in [6, 6.07) is 12.6. The Hall–Kier alpha value is -3.47. The van der Waals surface area contributed by atoms with Gasteiger partial charge in [-0.05, 0) is 61.7 Å². The van der Waals surface area contributed by atoms with E-state index in [1.54, 1.807) is 6.33 Å². The largest absolute Gasteiger partial charge is 0.361 e. The van der Waals surface area contributed by atoms with Crippen LogP contribution < -0.4 is 0 Å². The molecule has 0 aliphatic heterocycles. The molecule has 0 aliphatic rings. The maximum absolute atomic E-state index is 5.40. The van der Waals surface area contributed by atoms with E-state index in [-0.39, 0.29) is 0 Å². The van der Waals surface area contributed by atoms with Crippen LogP contribution in [0.25, 0.3) is 44.2 Å². The molecule has 2 aromatic carbocycles. The van der Waals surface area contributed by atoms with Gasteiger partial charge in [0.05, 0.1) is 28.6 Å². The summed E-state index contributed by atoms with van der Waals surface area (Å²) < 4.78 is 5.40. The Balaban J connectivity index is 1.90. The topological polar surface area (TPSA) is 67.6 Å². The van der Waals surface area contributed by atoms with Gasteiger partial charge in [0, 0.05) is 22.7 Å². The van der Waals surface area contributed by atoms with Gasteiger partial charge in [-0.1, -0.05) is 17.3 Å². The van der Waals surface area contributed by atoms with E-state index in [4.69, 9.17) is 4.52 Å². The predicted molar refractivity (Wildman–Crippen MR) is 107 cm³/mol. The lowest BCUT2D eigenvalue weighted by molar-refractivity contribution is 0.393. The van der Waals surface area contributed by atoms with E-state index < -0.39 is 0 Å². The summed E-state index contributed by atoms with van der Waals surface area (Å²) in [7, 11) is 0. The molecule has 0 unspecified atom stereocenters. The van der Waals surface area contributed by atoms with Gasteiger partial charge in [0.1, 0.15) is 5.76 Å². The third kappa shape index (κ3) is 2.35. The first kappa shape index (κ1) is 15.8. The molecule has 0 radical (unpaired) electrons. The number of hydrogen-bond donors (Lipinski definition) is 1. The molecule has 0 atom stereocenters. The second kappa shape index (κ2) is 5.77. The maximum Gasteiger partial charge on any atom is 0.141 e. The Labute approximate surface area is 156 Å². The number of rotatable bonds is 2. The minimum atomic E-state index is 0.814. The smallest absolute Gasteiger partial charge is 0.141 e. The average molecular weight is 354 g/mol. The molecular formula is C22H18N4O. The average Bonchev–Trinajstić information content (AvgIpc) is 3.27. The number of imidazole rings is 1. The number of fused-ring (bicyclic) bond motifs is 2. The van der Waals surface area contributed by atoms with Crippen LogP contribution in [-0.4, -0.2) is 20.1 Å². The van der Waals surface area contributed by atoms with Crippen LogP contribution in [0.4, 0.5) is 0 Å². The summed E-state index contributed by atoms with van der Waals surface area (Å²) in [6.07, 6.45) is 3.57. The van der Waals surface area contributed by atoms with Crippen LogP contribution in [0.15, 0.2) is 53.4 Å². The summed E-state index contributed by atoms with van der Waals surface area (Å²) >= 11 is 0. The standard InChI is InChI=1S/C22H18N4O/c1-12-6-7-18-16(5-4-8-23-18)20(12)17-9-15(10-19-22(17)25-11-24-19)21-13(2)26-27-14(21)3/h4-11H,1-3H3,(H,24,25). The Morgan fingerprint density at radius 2 is 1.85 bits per heavy atom. The minimum Gasteiger partial charge on any atom is -0.361 e. The zero-order valence-corrected chi connectivity index (χ0v) is 15.4. The normalized spacial score (nSPS) is 11.5. The van der Waals surface area contributed by atoms with Crippen molar-refractivity contribution in [2.75, 3.05) is 0 Å². The van der Waals surface area contributed by atoms with E-state index in [0.29, 0.717) is 0 Å². The summed E-state index contributed by atoms with van der Waals surface area (Å²) in [4.78, 5) is 12.4. The Kier molecular flexibility index (Phi) is 3.37. The van der Waals surface area contributed by atoms with Crippen LogP contribution in [0.5, 0.6) is 0 Å². The number of aryl methyl sites for hydroxylation is 3. The van der Waals surface area contributed by atoms with Crippen molar-refractivity contribution in [3.8, 4) is 22.3 Å². The zero-order valence-electron chi connectivity index (χ0n) is 15.4. The third-order valence-corrected chi connectivity index (χ3v) is 5.11. The molecule has 0 fully saturated rings. The Bertz CT molecular complexity index is 1290. The third-order valence-electron chi connectivity index (χ3n) is 5.11. The fraction of sp³-hybridized carbons (Fsp3) is 0.136. The molecule has 27 heavy (non-hydrogen) atoms. The molecular weight excluding hydrogens is 336 g/mol. The predicted octanol–water partition coefficient (Wildman–Crippen LogP) is 5.36. The zero-order chi connectivity index (χ0) is 18.5. The molecule has 132 valence electrons. The van der Waals surface area contributed by atoms with Gasteiger partial charge in [0.25, 0.3) is 0 Å². The van der Waals surface area contributed by atoms with Crippen molar-refractivity contribution in [3.63, 3.8) is 0 Å². The second-order valence-corrected chi connectivity index (χ2v) is 6.85. The molecule has 5 rings (SSSR count). The van der Waals surface area contributed by atoms with Crippen molar-refractivity contribution in [3.05, 3.63) is 65.9 Å². The number of benzene rings is 2. The fourth-order valence-electron chi connectivity index (χ4n) is 3.90. The Morgan fingerprint density at radius 3 is 2.67 bits per heavy atom. The number of hydrogen-bond acceptors (Lipinski definition) is 4. The molecule has 1 N–H and O–H groups in total.